The van der Waals surface area contributed by atoms with Gasteiger partial charge in [0.2, 0.25) is 0 Å². The third-order valence-corrected chi connectivity index (χ3v) is 4.05. The quantitative estimate of drug-likeness (QED) is 0.804. The van der Waals surface area contributed by atoms with Crippen LogP contribution in [0.4, 0.5) is 11.4 Å². The lowest BCUT2D eigenvalue weighted by Gasteiger charge is -2.19. The molecular formula is C20H26N2O2. The van der Waals surface area contributed by atoms with Gasteiger partial charge in [-0.1, -0.05) is 6.58 Å². The first kappa shape index (κ1) is 17.7. The Balaban J connectivity index is 2.49. The first-order chi connectivity index (χ1) is 11.4. The van der Waals surface area contributed by atoms with Crippen LogP contribution >= 0.6 is 0 Å². The van der Waals surface area contributed by atoms with Crippen molar-refractivity contribution in [3.8, 4) is 11.5 Å². The van der Waals surface area contributed by atoms with Gasteiger partial charge in [-0.25, -0.2) is 0 Å². The van der Waals surface area contributed by atoms with E-state index in [1.807, 2.05) is 62.3 Å². The van der Waals surface area contributed by atoms with Crippen molar-refractivity contribution < 1.29 is 9.47 Å². The molecule has 4 nitrogen and oxygen atoms in total. The van der Waals surface area contributed by atoms with Gasteiger partial charge in [0.25, 0.3) is 0 Å². The summed E-state index contributed by atoms with van der Waals surface area (Å²) in [6, 6.07) is 12.2. The Labute approximate surface area is 144 Å². The van der Waals surface area contributed by atoms with E-state index in [1.54, 1.807) is 14.2 Å². The molecule has 0 radical (unpaired) electrons. The van der Waals surface area contributed by atoms with Gasteiger partial charge in [-0.2, -0.15) is 0 Å². The van der Waals surface area contributed by atoms with Gasteiger partial charge in [0.05, 0.1) is 14.2 Å². The number of methoxy groups -OCH3 is 2. The fraction of sp³-hybridized carbons (Fsp3) is 0.300. The third-order valence-electron chi connectivity index (χ3n) is 4.05. The van der Waals surface area contributed by atoms with Gasteiger partial charge < -0.3 is 19.3 Å². The van der Waals surface area contributed by atoms with Crippen LogP contribution in [-0.2, 0) is 0 Å². The molecule has 0 bridgehead atoms. The lowest BCUT2D eigenvalue weighted by Crippen LogP contribution is -2.09. The molecule has 0 aliphatic carbocycles. The second-order valence-electron chi connectivity index (χ2n) is 6.04. The number of benzene rings is 2. The molecule has 24 heavy (non-hydrogen) atoms. The molecule has 0 heterocycles. The second kappa shape index (κ2) is 7.30. The number of nitrogens with zero attached hydrogens (tertiary/aromatic N) is 2. The van der Waals surface area contributed by atoms with Crippen molar-refractivity contribution in [3.63, 3.8) is 0 Å². The van der Waals surface area contributed by atoms with Gasteiger partial charge in [-0.05, 0) is 29.8 Å². The SMILES string of the molecule is C=C(c1ccc(N(C)C)cc1OC)c1ccc(N(C)C)cc1OC. The zero-order chi connectivity index (χ0) is 17.9. The van der Waals surface area contributed by atoms with E-state index >= 15 is 0 Å². The van der Waals surface area contributed by atoms with Crippen molar-refractivity contribution in [1.29, 1.82) is 0 Å². The predicted octanol–water partition coefficient (Wildman–Crippen LogP) is 3.90. The first-order valence-electron chi connectivity index (χ1n) is 7.79. The summed E-state index contributed by atoms with van der Waals surface area (Å²) in [6.45, 7) is 4.27. The van der Waals surface area contributed by atoms with E-state index < -0.39 is 0 Å². The molecule has 2 aromatic carbocycles. The normalized spacial score (nSPS) is 10.2. The maximum absolute atomic E-state index is 5.58. The molecular weight excluding hydrogens is 300 g/mol. The van der Waals surface area contributed by atoms with E-state index in [0.29, 0.717) is 0 Å². The van der Waals surface area contributed by atoms with Crippen LogP contribution in [0.2, 0.25) is 0 Å². The lowest BCUT2D eigenvalue weighted by atomic mass is 9.97. The number of rotatable bonds is 6. The minimum Gasteiger partial charge on any atom is -0.496 e. The van der Waals surface area contributed by atoms with E-state index in [0.717, 1.165) is 39.6 Å². The summed E-state index contributed by atoms with van der Waals surface area (Å²) >= 11 is 0. The highest BCUT2D eigenvalue weighted by Gasteiger charge is 2.15. The Bertz CT molecular complexity index is 675. The molecule has 0 fully saturated rings. The molecule has 0 aromatic heterocycles. The van der Waals surface area contributed by atoms with Crippen LogP contribution in [0.3, 0.4) is 0 Å². The van der Waals surface area contributed by atoms with E-state index in [2.05, 4.69) is 18.7 Å². The summed E-state index contributed by atoms with van der Waals surface area (Å²) in [4.78, 5) is 4.09. The third kappa shape index (κ3) is 3.48. The van der Waals surface area contributed by atoms with Crippen LogP contribution in [0.5, 0.6) is 11.5 Å². The average molecular weight is 326 g/mol. The molecule has 0 aliphatic rings. The van der Waals surface area contributed by atoms with Crippen molar-refractivity contribution in [2.24, 2.45) is 0 Å². The minimum atomic E-state index is 0.796. The average Bonchev–Trinajstić information content (AvgIpc) is 2.59. The van der Waals surface area contributed by atoms with Gasteiger partial charge in [0, 0.05) is 62.8 Å². The highest BCUT2D eigenvalue weighted by Crippen LogP contribution is 2.37. The second-order valence-corrected chi connectivity index (χ2v) is 6.04. The number of ether oxygens (including phenoxy) is 2. The lowest BCUT2D eigenvalue weighted by molar-refractivity contribution is 0.411. The molecule has 0 N–H and O–H groups in total. The zero-order valence-corrected chi connectivity index (χ0v) is 15.4. The molecule has 0 amide bonds. The Morgan fingerprint density at radius 1 is 0.750 bits per heavy atom. The van der Waals surface area contributed by atoms with E-state index in [9.17, 15) is 0 Å². The van der Waals surface area contributed by atoms with Crippen molar-refractivity contribution in [3.05, 3.63) is 54.1 Å². The highest BCUT2D eigenvalue weighted by atomic mass is 16.5. The van der Waals surface area contributed by atoms with Crippen LogP contribution in [0.25, 0.3) is 5.57 Å². The number of hydrogen-bond donors (Lipinski definition) is 0. The van der Waals surface area contributed by atoms with Crippen LogP contribution in [0.15, 0.2) is 43.0 Å². The number of anilines is 2. The highest BCUT2D eigenvalue weighted by molar-refractivity contribution is 5.85. The maximum atomic E-state index is 5.58. The van der Waals surface area contributed by atoms with E-state index in [4.69, 9.17) is 9.47 Å². The molecule has 128 valence electrons. The summed E-state index contributed by atoms with van der Waals surface area (Å²) in [7, 11) is 11.4. The molecule has 4 heteroatoms. The Kier molecular flexibility index (Phi) is 5.39. The van der Waals surface area contributed by atoms with Gasteiger partial charge >= 0.3 is 0 Å². The summed E-state index contributed by atoms with van der Waals surface area (Å²) in [6.07, 6.45) is 0. The monoisotopic (exact) mass is 326 g/mol. The van der Waals surface area contributed by atoms with Gasteiger partial charge in [-0.15, -0.1) is 0 Å². The first-order valence-corrected chi connectivity index (χ1v) is 7.79. The van der Waals surface area contributed by atoms with Gasteiger partial charge in [-0.3, -0.25) is 0 Å². The van der Waals surface area contributed by atoms with Crippen molar-refractivity contribution >= 4 is 16.9 Å². The molecule has 0 unspecified atom stereocenters. The standard InChI is InChI=1S/C20H26N2O2/c1-14(17-10-8-15(21(2)3)12-19(17)23-6)18-11-9-16(22(4)5)13-20(18)24-7/h8-13H,1H2,2-7H3. The van der Waals surface area contributed by atoms with Crippen LogP contribution in [-0.4, -0.2) is 42.4 Å². The molecule has 2 aromatic rings. The largest absolute Gasteiger partial charge is 0.496 e. The number of hydrogen-bond acceptors (Lipinski definition) is 4. The molecule has 0 saturated heterocycles. The van der Waals surface area contributed by atoms with Crippen molar-refractivity contribution in [2.75, 3.05) is 52.2 Å². The topological polar surface area (TPSA) is 24.9 Å². The zero-order valence-electron chi connectivity index (χ0n) is 15.4. The Morgan fingerprint density at radius 3 is 1.42 bits per heavy atom. The van der Waals surface area contributed by atoms with Gasteiger partial charge in [0.15, 0.2) is 0 Å². The molecule has 0 atom stereocenters. The predicted molar refractivity (Wildman–Crippen MR) is 103 cm³/mol. The molecule has 0 aliphatic heterocycles. The smallest absolute Gasteiger partial charge is 0.128 e. The van der Waals surface area contributed by atoms with Crippen molar-refractivity contribution in [1.82, 2.24) is 0 Å². The maximum Gasteiger partial charge on any atom is 0.128 e. The van der Waals surface area contributed by atoms with E-state index in [1.165, 1.54) is 0 Å². The Hall–Kier alpha value is -2.62. The summed E-state index contributed by atoms with van der Waals surface area (Å²) in [5.74, 6) is 1.59. The molecule has 2 rings (SSSR count). The fourth-order valence-corrected chi connectivity index (χ4v) is 2.56. The van der Waals surface area contributed by atoms with Gasteiger partial charge in [0.1, 0.15) is 11.5 Å². The minimum absolute atomic E-state index is 0.796. The fourth-order valence-electron chi connectivity index (χ4n) is 2.56. The van der Waals surface area contributed by atoms with E-state index in [-0.39, 0.29) is 0 Å². The van der Waals surface area contributed by atoms with Crippen LogP contribution in [0.1, 0.15) is 11.1 Å². The van der Waals surface area contributed by atoms with Crippen LogP contribution < -0.4 is 19.3 Å². The Morgan fingerprint density at radius 2 is 1.12 bits per heavy atom. The molecule has 0 saturated carbocycles. The van der Waals surface area contributed by atoms with Crippen molar-refractivity contribution in [2.45, 2.75) is 0 Å². The van der Waals surface area contributed by atoms with Crippen LogP contribution in [0, 0.1) is 0 Å². The summed E-state index contributed by atoms with van der Waals surface area (Å²) < 4.78 is 11.2. The molecule has 0 spiro atoms. The summed E-state index contributed by atoms with van der Waals surface area (Å²) in [5.41, 5.74) is 4.95. The summed E-state index contributed by atoms with van der Waals surface area (Å²) in [5, 5.41) is 0.